The highest BCUT2D eigenvalue weighted by atomic mass is 16.5. The van der Waals surface area contributed by atoms with Crippen LogP contribution in [0.3, 0.4) is 0 Å². The van der Waals surface area contributed by atoms with Crippen molar-refractivity contribution in [1.29, 1.82) is 0 Å². The van der Waals surface area contributed by atoms with E-state index in [4.69, 9.17) is 4.74 Å². The number of ether oxygens (including phenoxy) is 1. The Morgan fingerprint density at radius 2 is 1.76 bits per heavy atom. The summed E-state index contributed by atoms with van der Waals surface area (Å²) in [5.74, 6) is 0.930. The van der Waals surface area contributed by atoms with Crippen molar-refractivity contribution < 1.29 is 4.74 Å². The van der Waals surface area contributed by atoms with Gasteiger partial charge < -0.3 is 10.1 Å². The van der Waals surface area contributed by atoms with Crippen molar-refractivity contribution in [3.8, 4) is 16.9 Å². The summed E-state index contributed by atoms with van der Waals surface area (Å²) < 4.78 is 7.57. The van der Waals surface area contributed by atoms with Gasteiger partial charge in [-0.25, -0.2) is 0 Å². The molecule has 4 aromatic rings. The van der Waals surface area contributed by atoms with Gasteiger partial charge in [0.1, 0.15) is 12.1 Å². The molecule has 2 aromatic heterocycles. The van der Waals surface area contributed by atoms with E-state index in [9.17, 15) is 0 Å². The Labute approximate surface area is 171 Å². The van der Waals surface area contributed by atoms with E-state index in [1.807, 2.05) is 18.2 Å². The molecule has 4 rings (SSSR count). The van der Waals surface area contributed by atoms with Gasteiger partial charge in [-0.1, -0.05) is 30.3 Å². The van der Waals surface area contributed by atoms with E-state index < -0.39 is 0 Å². The third kappa shape index (κ3) is 4.09. The van der Waals surface area contributed by atoms with E-state index in [1.165, 1.54) is 11.3 Å². The van der Waals surface area contributed by atoms with E-state index in [2.05, 4.69) is 76.2 Å². The zero-order valence-corrected chi connectivity index (χ0v) is 17.1. The number of rotatable bonds is 7. The predicted molar refractivity (Wildman–Crippen MR) is 118 cm³/mol. The zero-order chi connectivity index (χ0) is 20.2. The van der Waals surface area contributed by atoms with Gasteiger partial charge in [0.25, 0.3) is 0 Å². The third-order valence-electron chi connectivity index (χ3n) is 5.03. The number of hydrogen-bond donors (Lipinski definition) is 1. The number of aromatic nitrogens is 3. The minimum absolute atomic E-state index is 0.409. The summed E-state index contributed by atoms with van der Waals surface area (Å²) in [7, 11) is 1.72. The van der Waals surface area contributed by atoms with Crippen LogP contribution in [0.1, 0.15) is 25.1 Å². The molecule has 2 heterocycles. The summed E-state index contributed by atoms with van der Waals surface area (Å²) in [5.41, 5.74) is 6.60. The van der Waals surface area contributed by atoms with Crippen molar-refractivity contribution in [3.05, 3.63) is 78.2 Å². The van der Waals surface area contributed by atoms with Gasteiger partial charge in [-0.2, -0.15) is 0 Å². The van der Waals surface area contributed by atoms with Gasteiger partial charge in [0.15, 0.2) is 5.65 Å². The third-order valence-corrected chi connectivity index (χ3v) is 5.03. The van der Waals surface area contributed by atoms with Crippen LogP contribution in [0.15, 0.2) is 67.0 Å². The van der Waals surface area contributed by atoms with Crippen LogP contribution in [-0.4, -0.2) is 27.7 Å². The lowest BCUT2D eigenvalue weighted by molar-refractivity contribution is 0.409. The zero-order valence-electron chi connectivity index (χ0n) is 17.1. The normalized spacial score (nSPS) is 11.2. The van der Waals surface area contributed by atoms with Gasteiger partial charge in [0, 0.05) is 23.0 Å². The maximum absolute atomic E-state index is 5.48. The van der Waals surface area contributed by atoms with Crippen LogP contribution in [0.2, 0.25) is 0 Å². The first-order valence-electron chi connectivity index (χ1n) is 9.96. The maximum Gasteiger partial charge on any atom is 0.168 e. The number of aryl methyl sites for hydroxylation is 2. The summed E-state index contributed by atoms with van der Waals surface area (Å²) in [6, 6.07) is 21.4. The summed E-state index contributed by atoms with van der Waals surface area (Å²) in [6.07, 6.45) is 3.57. The summed E-state index contributed by atoms with van der Waals surface area (Å²) in [5, 5.41) is 12.0. The lowest BCUT2D eigenvalue weighted by Gasteiger charge is -2.12. The molecule has 0 unspecified atom stereocenters. The first-order chi connectivity index (χ1) is 14.2. The second-order valence-corrected chi connectivity index (χ2v) is 7.45. The van der Waals surface area contributed by atoms with Gasteiger partial charge in [-0.3, -0.25) is 4.40 Å². The van der Waals surface area contributed by atoms with Crippen LogP contribution in [0.4, 0.5) is 5.69 Å². The van der Waals surface area contributed by atoms with Gasteiger partial charge in [-0.05, 0) is 68.1 Å². The van der Waals surface area contributed by atoms with Crippen molar-refractivity contribution in [2.75, 3.05) is 12.4 Å². The Morgan fingerprint density at radius 1 is 0.966 bits per heavy atom. The fourth-order valence-corrected chi connectivity index (χ4v) is 3.64. The highest BCUT2D eigenvalue weighted by Crippen LogP contribution is 2.27. The molecular formula is C24H26N4O. The lowest BCUT2D eigenvalue weighted by Crippen LogP contribution is -2.09. The molecule has 0 aliphatic heterocycles. The summed E-state index contributed by atoms with van der Waals surface area (Å²) in [4.78, 5) is 0. The highest BCUT2D eigenvalue weighted by molar-refractivity contribution is 5.78. The fourth-order valence-electron chi connectivity index (χ4n) is 3.64. The molecule has 2 aromatic carbocycles. The monoisotopic (exact) mass is 386 g/mol. The fraction of sp³-hybridized carbons (Fsp3) is 0.250. The smallest absolute Gasteiger partial charge is 0.168 e. The largest absolute Gasteiger partial charge is 0.496 e. The number of methoxy groups -OCH3 is 1. The molecule has 5 nitrogen and oxygen atoms in total. The number of fused-ring (bicyclic) bond motifs is 1. The molecule has 5 heteroatoms. The standard InChI is InChI=1S/C24H26N4O/c1-17(2)26-20-11-8-18(9-12-20)22-15-14-21(28-16-25-27-24(22)28)13-10-19-6-4-5-7-23(19)29-3/h4-9,11-12,14-17,26H,10,13H2,1-3H3. The van der Waals surface area contributed by atoms with Gasteiger partial charge in [0.2, 0.25) is 0 Å². The van der Waals surface area contributed by atoms with E-state index in [0.29, 0.717) is 6.04 Å². The summed E-state index contributed by atoms with van der Waals surface area (Å²) in [6.45, 7) is 4.27. The molecule has 29 heavy (non-hydrogen) atoms. The van der Waals surface area contributed by atoms with Crippen molar-refractivity contribution in [3.63, 3.8) is 0 Å². The van der Waals surface area contributed by atoms with Crippen LogP contribution < -0.4 is 10.1 Å². The molecule has 0 spiro atoms. The molecule has 0 bridgehead atoms. The van der Waals surface area contributed by atoms with E-state index in [-0.39, 0.29) is 0 Å². The van der Waals surface area contributed by atoms with Crippen molar-refractivity contribution in [2.45, 2.75) is 32.7 Å². The Morgan fingerprint density at radius 3 is 2.52 bits per heavy atom. The second-order valence-electron chi connectivity index (χ2n) is 7.45. The number of pyridine rings is 1. The summed E-state index contributed by atoms with van der Waals surface area (Å²) >= 11 is 0. The number of nitrogens with one attached hydrogen (secondary N) is 1. The number of anilines is 1. The van der Waals surface area contributed by atoms with Gasteiger partial charge >= 0.3 is 0 Å². The minimum Gasteiger partial charge on any atom is -0.496 e. The first kappa shape index (κ1) is 19.0. The van der Waals surface area contributed by atoms with Crippen LogP contribution in [0.25, 0.3) is 16.8 Å². The number of para-hydroxylation sites is 1. The van der Waals surface area contributed by atoms with Crippen LogP contribution in [-0.2, 0) is 12.8 Å². The lowest BCUT2D eigenvalue weighted by atomic mass is 10.0. The molecular weight excluding hydrogens is 360 g/mol. The Kier molecular flexibility index (Phi) is 5.47. The first-order valence-corrected chi connectivity index (χ1v) is 9.96. The molecule has 0 amide bonds. The SMILES string of the molecule is COc1ccccc1CCc1ccc(-c2ccc(NC(C)C)cc2)c2nncn12. The maximum atomic E-state index is 5.48. The van der Waals surface area contributed by atoms with E-state index in [0.717, 1.165) is 41.1 Å². The number of hydrogen-bond acceptors (Lipinski definition) is 4. The molecule has 0 saturated carbocycles. The second kappa shape index (κ2) is 8.35. The molecule has 1 N–H and O–H groups in total. The van der Waals surface area contributed by atoms with Gasteiger partial charge in [-0.15, -0.1) is 10.2 Å². The van der Waals surface area contributed by atoms with E-state index >= 15 is 0 Å². The quantitative estimate of drug-likeness (QED) is 0.485. The molecule has 148 valence electrons. The molecule has 0 fully saturated rings. The highest BCUT2D eigenvalue weighted by Gasteiger charge is 2.11. The average molecular weight is 386 g/mol. The molecule has 0 aliphatic carbocycles. The molecule has 0 radical (unpaired) electrons. The predicted octanol–water partition coefficient (Wildman–Crippen LogP) is 5.01. The Balaban J connectivity index is 1.60. The molecule has 0 saturated heterocycles. The van der Waals surface area contributed by atoms with Crippen LogP contribution in [0, 0.1) is 0 Å². The molecule has 0 atom stereocenters. The van der Waals surface area contributed by atoms with Crippen molar-refractivity contribution >= 4 is 11.3 Å². The van der Waals surface area contributed by atoms with Crippen LogP contribution in [0.5, 0.6) is 5.75 Å². The number of benzene rings is 2. The molecule has 0 aliphatic rings. The Bertz CT molecular complexity index is 1100. The number of nitrogens with zero attached hydrogens (tertiary/aromatic N) is 3. The van der Waals surface area contributed by atoms with Gasteiger partial charge in [0.05, 0.1) is 7.11 Å². The Hall–Kier alpha value is -3.34. The van der Waals surface area contributed by atoms with E-state index in [1.54, 1.807) is 13.4 Å². The van der Waals surface area contributed by atoms with Crippen molar-refractivity contribution in [1.82, 2.24) is 14.6 Å². The van der Waals surface area contributed by atoms with Crippen molar-refractivity contribution in [2.24, 2.45) is 0 Å². The minimum atomic E-state index is 0.409. The topological polar surface area (TPSA) is 51.5 Å². The average Bonchev–Trinajstić information content (AvgIpc) is 3.23. The van der Waals surface area contributed by atoms with Crippen LogP contribution >= 0.6 is 0 Å².